The Labute approximate surface area is 37.5 Å². The van der Waals surface area contributed by atoms with Crippen molar-refractivity contribution in [1.29, 1.82) is 0 Å². The fraction of sp³-hybridized carbons (Fsp3) is 1.00. The maximum Gasteiger partial charge on any atom is 0.0277 e. The molecule has 0 atom stereocenters. The minimum absolute atomic E-state index is 0.833. The number of nitrogens with zero attached hydrogens (tertiary/aromatic N) is 1. The van der Waals surface area contributed by atoms with Crippen LogP contribution in [0.25, 0.3) is 5.32 Å². The van der Waals surface area contributed by atoms with Gasteiger partial charge in [0.15, 0.2) is 0 Å². The highest BCUT2D eigenvalue weighted by atomic mass is 16.5. The van der Waals surface area contributed by atoms with E-state index in [4.69, 9.17) is 4.74 Å². The van der Waals surface area contributed by atoms with Crippen LogP contribution in [0.5, 0.6) is 0 Å². The summed E-state index contributed by atoms with van der Waals surface area (Å²) in [4.78, 5) is 0. The molecule has 1 aliphatic rings. The molecule has 0 saturated carbocycles. The van der Waals surface area contributed by atoms with Gasteiger partial charge in [-0.05, 0) is 0 Å². The lowest BCUT2D eigenvalue weighted by molar-refractivity contribution is 0.139. The first-order valence-electron chi connectivity index (χ1n) is 2.21. The summed E-state index contributed by atoms with van der Waals surface area (Å²) >= 11 is 0. The van der Waals surface area contributed by atoms with Gasteiger partial charge in [0.25, 0.3) is 0 Å². The molecule has 1 aliphatic heterocycles. The smallest absolute Gasteiger partial charge is 0.0277 e. The van der Waals surface area contributed by atoms with Crippen LogP contribution in [0.3, 0.4) is 0 Å². The van der Waals surface area contributed by atoms with Gasteiger partial charge >= 0.3 is 0 Å². The molecule has 1 rings (SSSR count). The molecule has 0 amide bonds. The Morgan fingerprint density at radius 1 is 1.17 bits per heavy atom. The second-order valence-electron chi connectivity index (χ2n) is 1.28. The Morgan fingerprint density at radius 3 is 2.00 bits per heavy atom. The maximum absolute atomic E-state index is 4.98. The topological polar surface area (TPSA) is 23.3 Å². The van der Waals surface area contributed by atoms with E-state index in [2.05, 4.69) is 5.32 Å². The van der Waals surface area contributed by atoms with Crippen LogP contribution in [-0.2, 0) is 4.74 Å². The monoisotopic (exact) mass is 86.1 g/mol. The summed E-state index contributed by atoms with van der Waals surface area (Å²) in [5, 5.41) is 4.05. The second kappa shape index (κ2) is 2.16. The van der Waals surface area contributed by atoms with Crippen molar-refractivity contribution < 1.29 is 4.74 Å². The Bertz CT molecular complexity index is 23.0. The predicted octanol–water partition coefficient (Wildman–Crippen LogP) is 0.390. The zero-order chi connectivity index (χ0) is 4.24. The van der Waals surface area contributed by atoms with Gasteiger partial charge in [0.2, 0.25) is 0 Å². The Balaban J connectivity index is 2.00. The third-order valence-electron chi connectivity index (χ3n) is 0.787. The van der Waals surface area contributed by atoms with Gasteiger partial charge in [0, 0.05) is 13.2 Å². The van der Waals surface area contributed by atoms with Crippen LogP contribution in [0, 0.1) is 0 Å². The van der Waals surface area contributed by atoms with Crippen molar-refractivity contribution in [2.45, 2.75) is 0 Å². The summed E-state index contributed by atoms with van der Waals surface area (Å²) < 4.78 is 4.98. The van der Waals surface area contributed by atoms with Gasteiger partial charge in [-0.25, -0.2) is 0 Å². The highest BCUT2D eigenvalue weighted by Gasteiger charge is 1.82. The zero-order valence-corrected chi connectivity index (χ0v) is 3.68. The summed E-state index contributed by atoms with van der Waals surface area (Å²) in [6.45, 7) is 3.47. The number of ether oxygens (including phenoxy) is 1. The quantitative estimate of drug-likeness (QED) is 0.418. The highest BCUT2D eigenvalue weighted by molar-refractivity contribution is 4.80. The lowest BCUT2D eigenvalue weighted by atomic mass is 10.5. The normalized spacial score (nSPS) is 24.0. The molecule has 0 aliphatic carbocycles. The van der Waals surface area contributed by atoms with Gasteiger partial charge in [-0.2, -0.15) is 0 Å². The van der Waals surface area contributed by atoms with Crippen molar-refractivity contribution in [1.82, 2.24) is 0 Å². The molecule has 1 saturated heterocycles. The maximum atomic E-state index is 4.98. The van der Waals surface area contributed by atoms with E-state index in [9.17, 15) is 0 Å². The Hall–Kier alpha value is -0.0800. The molecule has 0 N–H and O–H groups in total. The first-order valence-corrected chi connectivity index (χ1v) is 2.21. The first-order chi connectivity index (χ1) is 3.00. The number of hydrogen-bond donors (Lipinski definition) is 0. The Kier molecular flexibility index (Phi) is 1.47. The van der Waals surface area contributed by atoms with E-state index in [0.717, 1.165) is 26.3 Å². The molecular weight excluding hydrogens is 78.0 g/mol. The minimum atomic E-state index is 0.833. The fourth-order valence-corrected chi connectivity index (χ4v) is 0.472. The van der Waals surface area contributed by atoms with E-state index in [1.165, 1.54) is 0 Å². The summed E-state index contributed by atoms with van der Waals surface area (Å²) in [5.41, 5.74) is 0. The van der Waals surface area contributed by atoms with Gasteiger partial charge < -0.3 is 10.1 Å². The van der Waals surface area contributed by atoms with Crippen LogP contribution in [0.2, 0.25) is 0 Å². The molecule has 0 bridgehead atoms. The largest absolute Gasteiger partial charge is 0.659 e. The third-order valence-corrected chi connectivity index (χ3v) is 0.787. The van der Waals surface area contributed by atoms with Gasteiger partial charge in [-0.3, -0.25) is 0 Å². The average Bonchev–Trinajstić information content (AvgIpc) is 1.72. The highest BCUT2D eigenvalue weighted by Crippen LogP contribution is 1.92. The number of rotatable bonds is 0. The van der Waals surface area contributed by atoms with Crippen molar-refractivity contribution in [3.63, 3.8) is 0 Å². The summed E-state index contributed by atoms with van der Waals surface area (Å²) in [6.07, 6.45) is 0. The van der Waals surface area contributed by atoms with E-state index in [0.29, 0.717) is 0 Å². The summed E-state index contributed by atoms with van der Waals surface area (Å²) in [6, 6.07) is 0. The van der Waals surface area contributed by atoms with Crippen molar-refractivity contribution >= 4 is 0 Å². The molecule has 0 spiro atoms. The number of morpholine rings is 1. The molecule has 6 heavy (non-hydrogen) atoms. The molecule has 0 aromatic carbocycles. The van der Waals surface area contributed by atoms with Crippen LogP contribution >= 0.6 is 0 Å². The van der Waals surface area contributed by atoms with Crippen molar-refractivity contribution in [3.8, 4) is 0 Å². The van der Waals surface area contributed by atoms with Crippen LogP contribution in [0.1, 0.15) is 0 Å². The van der Waals surface area contributed by atoms with Gasteiger partial charge in [-0.15, -0.1) is 13.1 Å². The Morgan fingerprint density at radius 2 is 1.83 bits per heavy atom. The molecule has 2 nitrogen and oxygen atoms in total. The third kappa shape index (κ3) is 0.954. The second-order valence-corrected chi connectivity index (χ2v) is 1.28. The zero-order valence-electron chi connectivity index (χ0n) is 3.68. The van der Waals surface area contributed by atoms with Crippen LogP contribution < -0.4 is 0 Å². The summed E-state index contributed by atoms with van der Waals surface area (Å²) in [5.74, 6) is 0. The molecule has 0 aromatic heterocycles. The molecule has 0 radical (unpaired) electrons. The minimum Gasteiger partial charge on any atom is -0.659 e. The predicted molar refractivity (Wildman–Crippen MR) is 23.9 cm³/mol. The van der Waals surface area contributed by atoms with E-state index in [1.807, 2.05) is 0 Å². The van der Waals surface area contributed by atoms with Crippen molar-refractivity contribution in [3.05, 3.63) is 5.32 Å². The van der Waals surface area contributed by atoms with Crippen molar-refractivity contribution in [2.75, 3.05) is 26.3 Å². The van der Waals surface area contributed by atoms with Gasteiger partial charge in [0.1, 0.15) is 0 Å². The molecule has 1 fully saturated rings. The van der Waals surface area contributed by atoms with Crippen LogP contribution in [0.4, 0.5) is 0 Å². The summed E-state index contributed by atoms with van der Waals surface area (Å²) in [7, 11) is 0. The van der Waals surface area contributed by atoms with Crippen LogP contribution in [0.15, 0.2) is 0 Å². The SMILES string of the molecule is C1COCC[N-]1. The van der Waals surface area contributed by atoms with E-state index >= 15 is 0 Å². The molecule has 2 heteroatoms. The molecular formula is C4H8NO-. The van der Waals surface area contributed by atoms with E-state index < -0.39 is 0 Å². The van der Waals surface area contributed by atoms with Crippen LogP contribution in [-0.4, -0.2) is 26.3 Å². The standard InChI is InChI=1S/C4H8NO/c1-3-6-4-2-5-1/h1-4H2/q-1. The molecule has 36 valence electrons. The molecule has 0 aromatic rings. The fourth-order valence-electron chi connectivity index (χ4n) is 0.472. The average molecular weight is 86.1 g/mol. The van der Waals surface area contributed by atoms with E-state index in [-0.39, 0.29) is 0 Å². The first kappa shape index (κ1) is 4.09. The van der Waals surface area contributed by atoms with Crippen molar-refractivity contribution in [2.24, 2.45) is 0 Å². The van der Waals surface area contributed by atoms with Gasteiger partial charge in [-0.1, -0.05) is 0 Å². The number of hydrogen-bond acceptors (Lipinski definition) is 1. The lowest BCUT2D eigenvalue weighted by Gasteiger charge is -2.24. The molecule has 0 unspecified atom stereocenters. The molecule has 1 heterocycles. The van der Waals surface area contributed by atoms with Gasteiger partial charge in [0.05, 0.1) is 0 Å². The lowest BCUT2D eigenvalue weighted by Crippen LogP contribution is -2.11. The van der Waals surface area contributed by atoms with E-state index in [1.54, 1.807) is 0 Å².